The zero-order chi connectivity index (χ0) is 33.3. The van der Waals surface area contributed by atoms with Crippen LogP contribution in [-0.2, 0) is 9.59 Å². The van der Waals surface area contributed by atoms with Gasteiger partial charge in [-0.25, -0.2) is 4.39 Å². The molecule has 3 N–H and O–H groups in total. The molecule has 236 valence electrons. The van der Waals surface area contributed by atoms with Gasteiger partial charge in [-0.2, -0.15) is 0 Å². The molecule has 5 aromatic rings. The number of nitrogens with one attached hydrogen (secondary N) is 3. The number of carbonyl (C=O) groups excluding carboxylic acids is 3. The van der Waals surface area contributed by atoms with Gasteiger partial charge in [-0.15, -0.1) is 11.8 Å². The van der Waals surface area contributed by atoms with Crippen molar-refractivity contribution in [1.82, 2.24) is 5.32 Å². The standard InChI is InChI=1S/C38H31ClFN3O3S/c1-24-16-17-25(2)33(22-24)42-38(46)35(26-10-5-3-6-11-26)47-29-20-18-28(19-21-29)41-37(45)34(23-30-31(39)14-9-15-32(30)40)43-36(44)27-12-7-4-8-13-27/h3-23,35H,1-2H3,(H,41,45)(H,42,46)(H,43,44)/b34-23-. The molecule has 0 bridgehead atoms. The van der Waals surface area contributed by atoms with Crippen molar-refractivity contribution in [1.29, 1.82) is 0 Å². The number of thioether (sulfide) groups is 1. The fourth-order valence-electron chi connectivity index (χ4n) is 4.66. The molecule has 0 aliphatic heterocycles. The van der Waals surface area contributed by atoms with Crippen molar-refractivity contribution >= 4 is 58.5 Å². The van der Waals surface area contributed by atoms with Gasteiger partial charge in [0.25, 0.3) is 11.8 Å². The molecule has 0 saturated heterocycles. The van der Waals surface area contributed by atoms with Crippen molar-refractivity contribution in [2.75, 3.05) is 10.6 Å². The van der Waals surface area contributed by atoms with Crippen LogP contribution in [0.4, 0.5) is 15.8 Å². The minimum Gasteiger partial charge on any atom is -0.325 e. The van der Waals surface area contributed by atoms with Crippen molar-refractivity contribution < 1.29 is 18.8 Å². The zero-order valence-electron chi connectivity index (χ0n) is 25.6. The number of halogens is 2. The molecule has 5 aromatic carbocycles. The molecule has 9 heteroatoms. The van der Waals surface area contributed by atoms with Crippen LogP contribution in [0.25, 0.3) is 6.08 Å². The van der Waals surface area contributed by atoms with Gasteiger partial charge >= 0.3 is 0 Å². The highest BCUT2D eigenvalue weighted by molar-refractivity contribution is 8.00. The molecule has 5 rings (SSSR count). The van der Waals surface area contributed by atoms with Crippen LogP contribution in [0.5, 0.6) is 0 Å². The third-order valence-corrected chi connectivity index (χ3v) is 8.77. The molecule has 1 atom stereocenters. The highest BCUT2D eigenvalue weighted by atomic mass is 35.5. The largest absolute Gasteiger partial charge is 0.325 e. The molecule has 0 fully saturated rings. The molecule has 0 saturated carbocycles. The number of carbonyl (C=O) groups is 3. The van der Waals surface area contributed by atoms with Gasteiger partial charge in [-0.3, -0.25) is 14.4 Å². The SMILES string of the molecule is Cc1ccc(C)c(NC(=O)C(Sc2ccc(NC(=O)/C(=C/c3c(F)cccc3Cl)NC(=O)c3ccccc3)cc2)c2ccccc2)c1. The van der Waals surface area contributed by atoms with Gasteiger partial charge in [0.05, 0.1) is 5.02 Å². The lowest BCUT2D eigenvalue weighted by Gasteiger charge is -2.18. The highest BCUT2D eigenvalue weighted by Crippen LogP contribution is 2.37. The second-order valence-corrected chi connectivity index (χ2v) is 12.3. The predicted molar refractivity (Wildman–Crippen MR) is 188 cm³/mol. The third-order valence-electron chi connectivity index (χ3n) is 7.17. The smallest absolute Gasteiger partial charge is 0.272 e. The van der Waals surface area contributed by atoms with E-state index in [-0.39, 0.29) is 22.2 Å². The van der Waals surface area contributed by atoms with Crippen LogP contribution in [-0.4, -0.2) is 17.7 Å². The Bertz CT molecular complexity index is 1910. The maximum atomic E-state index is 14.6. The fourth-order valence-corrected chi connectivity index (χ4v) is 5.90. The molecule has 6 nitrogen and oxygen atoms in total. The Morgan fingerprint density at radius 2 is 1.47 bits per heavy atom. The summed E-state index contributed by atoms with van der Waals surface area (Å²) in [6, 6.07) is 34.9. The predicted octanol–water partition coefficient (Wildman–Crippen LogP) is 8.98. The van der Waals surface area contributed by atoms with Crippen LogP contribution >= 0.6 is 23.4 Å². The van der Waals surface area contributed by atoms with Crippen LogP contribution in [0.1, 0.15) is 37.9 Å². The van der Waals surface area contributed by atoms with E-state index in [1.165, 1.54) is 36.0 Å². The van der Waals surface area contributed by atoms with Crippen molar-refractivity contribution in [3.8, 4) is 0 Å². The summed E-state index contributed by atoms with van der Waals surface area (Å²) in [4.78, 5) is 40.8. The number of hydrogen-bond donors (Lipinski definition) is 3. The quantitative estimate of drug-likeness (QED) is 0.103. The fraction of sp³-hybridized carbons (Fsp3) is 0.0789. The Morgan fingerprint density at radius 3 is 2.15 bits per heavy atom. The molecular formula is C38H31ClFN3O3S. The highest BCUT2D eigenvalue weighted by Gasteiger charge is 2.23. The Hall–Kier alpha value is -5.18. The topological polar surface area (TPSA) is 87.3 Å². The summed E-state index contributed by atoms with van der Waals surface area (Å²) in [6.45, 7) is 3.93. The Morgan fingerprint density at radius 1 is 0.787 bits per heavy atom. The first-order valence-electron chi connectivity index (χ1n) is 14.7. The first-order chi connectivity index (χ1) is 22.7. The van der Waals surface area contributed by atoms with E-state index in [1.807, 2.05) is 62.4 Å². The van der Waals surface area contributed by atoms with E-state index in [9.17, 15) is 18.8 Å². The van der Waals surface area contributed by atoms with Gasteiger partial charge < -0.3 is 16.0 Å². The van der Waals surface area contributed by atoms with Crippen molar-refractivity contribution in [3.63, 3.8) is 0 Å². The van der Waals surface area contributed by atoms with E-state index in [2.05, 4.69) is 16.0 Å². The second-order valence-electron chi connectivity index (χ2n) is 10.7. The lowest BCUT2D eigenvalue weighted by atomic mass is 10.1. The van der Waals surface area contributed by atoms with E-state index in [1.54, 1.807) is 54.6 Å². The number of anilines is 2. The minimum atomic E-state index is -0.677. The van der Waals surface area contributed by atoms with Gasteiger partial charge in [0.1, 0.15) is 16.8 Å². The monoisotopic (exact) mass is 663 g/mol. The molecule has 3 amide bonds. The van der Waals surface area contributed by atoms with E-state index in [4.69, 9.17) is 11.6 Å². The summed E-state index contributed by atoms with van der Waals surface area (Å²) in [7, 11) is 0. The normalized spacial score (nSPS) is 11.8. The van der Waals surface area contributed by atoms with Crippen molar-refractivity contribution in [3.05, 3.63) is 166 Å². The molecule has 0 heterocycles. The number of aryl methyl sites for hydroxylation is 2. The average molecular weight is 664 g/mol. The lowest BCUT2D eigenvalue weighted by molar-refractivity contribution is -0.116. The number of hydrogen-bond acceptors (Lipinski definition) is 4. The van der Waals surface area contributed by atoms with Gasteiger partial charge in [-0.1, -0.05) is 78.3 Å². The number of benzene rings is 5. The lowest BCUT2D eigenvalue weighted by Crippen LogP contribution is -2.30. The van der Waals surface area contributed by atoms with Gasteiger partial charge in [0, 0.05) is 27.4 Å². The van der Waals surface area contributed by atoms with Crippen LogP contribution < -0.4 is 16.0 Å². The Kier molecular flexibility index (Phi) is 10.9. The van der Waals surface area contributed by atoms with E-state index >= 15 is 0 Å². The van der Waals surface area contributed by atoms with Crippen molar-refractivity contribution in [2.45, 2.75) is 24.0 Å². The van der Waals surface area contributed by atoms with Crippen molar-refractivity contribution in [2.24, 2.45) is 0 Å². The van der Waals surface area contributed by atoms with Crippen LogP contribution in [0, 0.1) is 19.7 Å². The average Bonchev–Trinajstić information content (AvgIpc) is 3.07. The van der Waals surface area contributed by atoms with Gasteiger partial charge in [-0.05, 0) is 91.2 Å². The van der Waals surface area contributed by atoms with E-state index < -0.39 is 22.9 Å². The first-order valence-corrected chi connectivity index (χ1v) is 16.0. The molecule has 0 aliphatic carbocycles. The van der Waals surface area contributed by atoms with Crippen LogP contribution in [0.15, 0.2) is 132 Å². The summed E-state index contributed by atoms with van der Waals surface area (Å²) in [6.07, 6.45) is 1.21. The van der Waals surface area contributed by atoms with E-state index in [0.29, 0.717) is 11.3 Å². The summed E-state index contributed by atoms with van der Waals surface area (Å²) < 4.78 is 14.6. The third kappa shape index (κ3) is 8.76. The second kappa shape index (κ2) is 15.4. The summed E-state index contributed by atoms with van der Waals surface area (Å²) in [5.41, 5.74) is 4.12. The van der Waals surface area contributed by atoms with Crippen LogP contribution in [0.3, 0.4) is 0 Å². The molecule has 0 spiro atoms. The Labute approximate surface area is 282 Å². The zero-order valence-corrected chi connectivity index (χ0v) is 27.2. The summed E-state index contributed by atoms with van der Waals surface area (Å²) in [5.74, 6) is -2.03. The first kappa shape index (κ1) is 33.2. The Balaban J connectivity index is 1.35. The minimum absolute atomic E-state index is 0.0366. The number of amides is 3. The maximum Gasteiger partial charge on any atom is 0.272 e. The van der Waals surface area contributed by atoms with Gasteiger partial charge in [0.15, 0.2) is 0 Å². The van der Waals surface area contributed by atoms with Crippen LogP contribution in [0.2, 0.25) is 5.02 Å². The number of rotatable bonds is 10. The molecule has 1 unspecified atom stereocenters. The summed E-state index contributed by atoms with van der Waals surface area (Å²) in [5, 5.41) is 7.96. The van der Waals surface area contributed by atoms with Gasteiger partial charge in [0.2, 0.25) is 5.91 Å². The molecule has 47 heavy (non-hydrogen) atoms. The molecule has 0 radical (unpaired) electrons. The van der Waals surface area contributed by atoms with E-state index in [0.717, 1.165) is 27.3 Å². The molecular weight excluding hydrogens is 633 g/mol. The molecule has 0 aliphatic rings. The summed E-state index contributed by atoms with van der Waals surface area (Å²) >= 11 is 7.59. The molecule has 0 aromatic heterocycles. The maximum absolute atomic E-state index is 14.6.